The van der Waals surface area contributed by atoms with Crippen molar-refractivity contribution in [1.29, 1.82) is 0 Å². The minimum Gasteiger partial charge on any atom is -0.497 e. The molecule has 1 aliphatic heterocycles. The van der Waals surface area contributed by atoms with Crippen LogP contribution in [0.4, 0.5) is 5.82 Å². The lowest BCUT2D eigenvalue weighted by molar-refractivity contribution is -0.125. The van der Waals surface area contributed by atoms with E-state index >= 15 is 0 Å². The first-order valence-electron chi connectivity index (χ1n) is 11.1. The highest BCUT2D eigenvalue weighted by atomic mass is 16.5. The number of hydrogen-bond acceptors (Lipinski definition) is 7. The number of pyridine rings is 1. The van der Waals surface area contributed by atoms with E-state index in [1.165, 1.54) is 0 Å². The van der Waals surface area contributed by atoms with E-state index in [0.29, 0.717) is 54.7 Å². The number of hydrogen-bond donors (Lipinski definition) is 1. The van der Waals surface area contributed by atoms with E-state index in [0.717, 1.165) is 18.4 Å². The average molecular weight is 452 g/mol. The van der Waals surface area contributed by atoms with Crippen LogP contribution in [0.25, 0.3) is 11.2 Å². The minimum atomic E-state index is -0.240. The molecule has 0 bridgehead atoms. The van der Waals surface area contributed by atoms with Crippen LogP contribution < -0.4 is 25.2 Å². The number of anilines is 1. The van der Waals surface area contributed by atoms with Gasteiger partial charge >= 0.3 is 0 Å². The lowest BCUT2D eigenvalue weighted by atomic mass is 9.97. The number of fused-ring (bicyclic) bond motifs is 1. The Kier molecular flexibility index (Phi) is 6.76. The minimum absolute atomic E-state index is 0.0529. The predicted molar refractivity (Wildman–Crippen MR) is 126 cm³/mol. The molecule has 1 atom stereocenters. The first-order valence-corrected chi connectivity index (χ1v) is 11.1. The summed E-state index contributed by atoms with van der Waals surface area (Å²) in [5.74, 6) is 1.48. The highest BCUT2D eigenvalue weighted by molar-refractivity contribution is 5.80. The lowest BCUT2D eigenvalue weighted by Gasteiger charge is -2.32. The van der Waals surface area contributed by atoms with Crippen LogP contribution in [0.1, 0.15) is 25.3 Å². The van der Waals surface area contributed by atoms with Crippen LogP contribution in [0.5, 0.6) is 11.5 Å². The smallest absolute Gasteiger partial charge is 0.295 e. The fraction of sp³-hybridized carbons (Fsp3) is 0.417. The van der Waals surface area contributed by atoms with Gasteiger partial charge in [-0.2, -0.15) is 0 Å². The van der Waals surface area contributed by atoms with Gasteiger partial charge in [-0.15, -0.1) is 0 Å². The first kappa shape index (κ1) is 22.6. The molecule has 1 N–H and O–H groups in total. The van der Waals surface area contributed by atoms with Gasteiger partial charge in [0.05, 0.1) is 20.1 Å². The van der Waals surface area contributed by atoms with Crippen LogP contribution >= 0.6 is 0 Å². The number of amides is 1. The van der Waals surface area contributed by atoms with Crippen LogP contribution in [-0.4, -0.2) is 47.8 Å². The Hall–Kier alpha value is -3.62. The molecule has 9 nitrogen and oxygen atoms in total. The van der Waals surface area contributed by atoms with Crippen LogP contribution in [0.2, 0.25) is 0 Å². The Morgan fingerprint density at radius 2 is 2.09 bits per heavy atom. The summed E-state index contributed by atoms with van der Waals surface area (Å²) in [6, 6.07) is 9.16. The van der Waals surface area contributed by atoms with Crippen LogP contribution in [0, 0.1) is 5.92 Å². The molecule has 0 unspecified atom stereocenters. The largest absolute Gasteiger partial charge is 0.497 e. The van der Waals surface area contributed by atoms with Gasteiger partial charge in [-0.05, 0) is 50.1 Å². The number of carbonyl (C=O) groups excluding carboxylic acids is 1. The maximum Gasteiger partial charge on any atom is 0.295 e. The number of piperidine rings is 1. The third-order valence-electron chi connectivity index (χ3n) is 6.03. The summed E-state index contributed by atoms with van der Waals surface area (Å²) in [5, 5.41) is 3.02. The van der Waals surface area contributed by atoms with Crippen LogP contribution in [0.15, 0.2) is 41.3 Å². The summed E-state index contributed by atoms with van der Waals surface area (Å²) in [6.07, 6.45) is 3.22. The molecule has 0 spiro atoms. The van der Waals surface area contributed by atoms with Crippen molar-refractivity contribution >= 4 is 22.9 Å². The number of methoxy groups -OCH3 is 2. The molecular formula is C24H29N5O4. The zero-order valence-corrected chi connectivity index (χ0v) is 19.2. The van der Waals surface area contributed by atoms with Crippen molar-refractivity contribution in [3.05, 3.63) is 52.4 Å². The predicted octanol–water partition coefficient (Wildman–Crippen LogP) is 2.36. The molecule has 1 aliphatic rings. The molecule has 4 rings (SSSR count). The highest BCUT2D eigenvalue weighted by Gasteiger charge is 2.28. The van der Waals surface area contributed by atoms with Crippen molar-refractivity contribution in [2.75, 3.05) is 32.2 Å². The number of rotatable bonds is 7. The standard InChI is InChI=1S/C24H29N5O4/c1-4-29-21-19(8-5-11-25-21)27-22(24(29)31)28-12-6-7-16(15-28)23(30)26-14-17-13-18(32-2)9-10-20(17)33-3/h5,8-11,13,16H,4,6-7,12,14-15H2,1-3H3,(H,26,30)/t16-/m1/s1. The molecule has 1 aromatic carbocycles. The molecule has 0 aliphatic carbocycles. The molecule has 0 radical (unpaired) electrons. The number of nitrogens with one attached hydrogen (secondary N) is 1. The number of benzene rings is 1. The second-order valence-electron chi connectivity index (χ2n) is 8.01. The molecule has 9 heteroatoms. The van der Waals surface area contributed by atoms with E-state index < -0.39 is 0 Å². The van der Waals surface area contributed by atoms with E-state index in [9.17, 15) is 9.59 Å². The van der Waals surface area contributed by atoms with Gasteiger partial charge in [0.1, 0.15) is 17.0 Å². The maximum absolute atomic E-state index is 13.1. The van der Waals surface area contributed by atoms with Crippen LogP contribution in [0.3, 0.4) is 0 Å². The van der Waals surface area contributed by atoms with Crippen molar-refractivity contribution in [1.82, 2.24) is 19.9 Å². The van der Waals surface area contributed by atoms with E-state index in [4.69, 9.17) is 9.47 Å². The Morgan fingerprint density at radius 1 is 1.24 bits per heavy atom. The van der Waals surface area contributed by atoms with Gasteiger partial charge in [-0.3, -0.25) is 14.2 Å². The number of nitrogens with zero attached hydrogens (tertiary/aromatic N) is 4. The summed E-state index contributed by atoms with van der Waals surface area (Å²) >= 11 is 0. The Labute approximate surface area is 192 Å². The van der Waals surface area contributed by atoms with Crippen molar-refractivity contribution in [3.63, 3.8) is 0 Å². The monoisotopic (exact) mass is 451 g/mol. The fourth-order valence-electron chi connectivity index (χ4n) is 4.29. The molecule has 174 valence electrons. The maximum atomic E-state index is 13.1. The summed E-state index contributed by atoms with van der Waals surface area (Å²) < 4.78 is 12.3. The topological polar surface area (TPSA) is 98.6 Å². The number of aryl methyl sites for hydroxylation is 1. The highest BCUT2D eigenvalue weighted by Crippen LogP contribution is 2.25. The van der Waals surface area contributed by atoms with Crippen molar-refractivity contribution in [3.8, 4) is 11.5 Å². The first-order chi connectivity index (χ1) is 16.0. The quantitative estimate of drug-likeness (QED) is 0.589. The third kappa shape index (κ3) is 4.62. The van der Waals surface area contributed by atoms with Gasteiger partial charge < -0.3 is 19.7 Å². The van der Waals surface area contributed by atoms with Crippen molar-refractivity contribution < 1.29 is 14.3 Å². The van der Waals surface area contributed by atoms with E-state index in [1.54, 1.807) is 25.0 Å². The third-order valence-corrected chi connectivity index (χ3v) is 6.03. The van der Waals surface area contributed by atoms with Crippen molar-refractivity contribution in [2.45, 2.75) is 32.9 Å². The molecule has 2 aromatic heterocycles. The van der Waals surface area contributed by atoms with Crippen LogP contribution in [-0.2, 0) is 17.9 Å². The van der Waals surface area contributed by atoms with E-state index in [2.05, 4.69) is 15.3 Å². The molecule has 3 aromatic rings. The second-order valence-corrected chi connectivity index (χ2v) is 8.01. The summed E-state index contributed by atoms with van der Waals surface area (Å²) in [4.78, 5) is 37.0. The lowest BCUT2D eigenvalue weighted by Crippen LogP contribution is -2.45. The average Bonchev–Trinajstić information content (AvgIpc) is 2.86. The Morgan fingerprint density at radius 3 is 2.85 bits per heavy atom. The van der Waals surface area contributed by atoms with E-state index in [-0.39, 0.29) is 17.4 Å². The molecule has 1 amide bonds. The van der Waals surface area contributed by atoms with Gasteiger partial charge in [0.2, 0.25) is 5.91 Å². The SMILES string of the molecule is CCn1c(=O)c(N2CCC[C@@H](C(=O)NCc3cc(OC)ccc3OC)C2)nc2cccnc21. The zero-order chi connectivity index (χ0) is 23.4. The second kappa shape index (κ2) is 9.89. The van der Waals surface area contributed by atoms with Gasteiger partial charge in [0.25, 0.3) is 5.56 Å². The zero-order valence-electron chi connectivity index (χ0n) is 19.2. The molecule has 3 heterocycles. The number of ether oxygens (including phenoxy) is 2. The molecular weight excluding hydrogens is 422 g/mol. The van der Waals surface area contributed by atoms with E-state index in [1.807, 2.05) is 42.2 Å². The normalized spacial score (nSPS) is 16.0. The van der Waals surface area contributed by atoms with Crippen molar-refractivity contribution in [2.24, 2.45) is 5.92 Å². The Balaban J connectivity index is 1.51. The molecule has 0 saturated carbocycles. The number of aromatic nitrogens is 3. The van der Waals surface area contributed by atoms with Gasteiger partial charge in [0.15, 0.2) is 11.5 Å². The Bertz CT molecular complexity index is 1210. The summed E-state index contributed by atoms with van der Waals surface area (Å²) in [6.45, 7) is 3.88. The molecule has 1 saturated heterocycles. The summed E-state index contributed by atoms with van der Waals surface area (Å²) in [7, 11) is 3.20. The van der Waals surface area contributed by atoms with Gasteiger partial charge in [-0.1, -0.05) is 0 Å². The fourth-order valence-corrected chi connectivity index (χ4v) is 4.29. The summed E-state index contributed by atoms with van der Waals surface area (Å²) in [5.41, 5.74) is 1.91. The molecule has 33 heavy (non-hydrogen) atoms. The number of carbonyl (C=O) groups is 1. The van der Waals surface area contributed by atoms with Gasteiger partial charge in [-0.25, -0.2) is 9.97 Å². The van der Waals surface area contributed by atoms with Gasteiger partial charge in [0, 0.05) is 37.9 Å². The molecule has 1 fully saturated rings.